The first-order chi connectivity index (χ1) is 7.84. The largest absolute Gasteiger partial charge is 0.331 e. The first-order valence-corrected chi connectivity index (χ1v) is 6.04. The van der Waals surface area contributed by atoms with Gasteiger partial charge in [-0.15, -0.1) is 11.3 Å². The molecule has 0 atom stereocenters. The average Bonchev–Trinajstić information content (AvgIpc) is 2.90. The summed E-state index contributed by atoms with van der Waals surface area (Å²) in [5.74, 6) is 0.521. The first kappa shape index (κ1) is 10.9. The monoisotopic (exact) mass is 235 g/mol. The third kappa shape index (κ3) is 3.20. The lowest BCUT2D eigenvalue weighted by atomic mass is 10.2. The highest BCUT2D eigenvalue weighted by atomic mass is 32.1. The van der Waals surface area contributed by atoms with Crippen LogP contribution in [0.4, 0.5) is 5.95 Å². The van der Waals surface area contributed by atoms with Crippen LogP contribution in [0.5, 0.6) is 0 Å². The third-order valence-electron chi connectivity index (χ3n) is 2.16. The van der Waals surface area contributed by atoms with E-state index >= 15 is 0 Å². The zero-order chi connectivity index (χ0) is 11.2. The molecule has 0 radical (unpaired) electrons. The fraction of sp³-hybridized carbons (Fsp3) is 0.273. The van der Waals surface area contributed by atoms with Gasteiger partial charge in [0.1, 0.15) is 0 Å². The molecule has 2 heterocycles. The molecule has 0 aliphatic heterocycles. The van der Waals surface area contributed by atoms with Gasteiger partial charge in [-0.05, 0) is 24.3 Å². The number of anilines is 1. The zero-order valence-electron chi connectivity index (χ0n) is 8.77. The number of carbonyl (C=O) groups excluding carboxylic acids is 1. The van der Waals surface area contributed by atoms with Gasteiger partial charge in [-0.1, -0.05) is 6.07 Å². The van der Waals surface area contributed by atoms with E-state index in [4.69, 9.17) is 0 Å². The van der Waals surface area contributed by atoms with Crippen molar-refractivity contribution in [1.29, 1.82) is 0 Å². The second kappa shape index (κ2) is 5.46. The van der Waals surface area contributed by atoms with E-state index in [-0.39, 0.29) is 5.91 Å². The summed E-state index contributed by atoms with van der Waals surface area (Å²) >= 11 is 1.73. The van der Waals surface area contributed by atoms with Crippen LogP contribution in [0.25, 0.3) is 0 Å². The van der Waals surface area contributed by atoms with Crippen molar-refractivity contribution in [2.24, 2.45) is 0 Å². The molecule has 0 saturated heterocycles. The fourth-order valence-corrected chi connectivity index (χ4v) is 2.16. The van der Waals surface area contributed by atoms with E-state index in [0.29, 0.717) is 12.4 Å². The molecular weight excluding hydrogens is 222 g/mol. The fourth-order valence-electron chi connectivity index (χ4n) is 1.41. The Morgan fingerprint density at radius 2 is 2.50 bits per heavy atom. The van der Waals surface area contributed by atoms with Crippen molar-refractivity contribution < 1.29 is 4.79 Å². The van der Waals surface area contributed by atoms with E-state index in [0.717, 1.165) is 12.8 Å². The van der Waals surface area contributed by atoms with Gasteiger partial charge in [0.05, 0.1) is 0 Å². The Morgan fingerprint density at radius 3 is 3.19 bits per heavy atom. The Labute approximate surface area is 97.7 Å². The highest BCUT2D eigenvalue weighted by Crippen LogP contribution is 2.12. The number of nitrogens with zero attached hydrogens (tertiary/aromatic N) is 1. The molecule has 2 rings (SSSR count). The van der Waals surface area contributed by atoms with Crippen molar-refractivity contribution in [2.75, 3.05) is 5.32 Å². The van der Waals surface area contributed by atoms with E-state index in [9.17, 15) is 4.79 Å². The SMILES string of the molecule is O=C(CCCc1cccs1)Nc1ncc[nH]1. The lowest BCUT2D eigenvalue weighted by Crippen LogP contribution is -2.12. The van der Waals surface area contributed by atoms with Crippen LogP contribution in [-0.2, 0) is 11.2 Å². The van der Waals surface area contributed by atoms with Gasteiger partial charge >= 0.3 is 0 Å². The quantitative estimate of drug-likeness (QED) is 0.836. The Bertz CT molecular complexity index is 422. The number of aromatic amines is 1. The number of thiophene rings is 1. The van der Waals surface area contributed by atoms with Crippen molar-refractivity contribution in [3.05, 3.63) is 34.8 Å². The molecule has 2 aromatic rings. The summed E-state index contributed by atoms with van der Waals surface area (Å²) in [5.41, 5.74) is 0. The number of hydrogen-bond acceptors (Lipinski definition) is 3. The van der Waals surface area contributed by atoms with Crippen LogP contribution in [0.1, 0.15) is 17.7 Å². The standard InChI is InChI=1S/C11H13N3OS/c15-10(14-11-12-6-7-13-11)5-1-3-9-4-2-8-16-9/h2,4,6-8H,1,3,5H2,(H2,12,13,14,15). The lowest BCUT2D eigenvalue weighted by Gasteiger charge is -2.00. The molecule has 0 spiro atoms. The second-order valence-corrected chi connectivity index (χ2v) is 4.45. The smallest absolute Gasteiger partial charge is 0.226 e. The lowest BCUT2D eigenvalue weighted by molar-refractivity contribution is -0.116. The van der Waals surface area contributed by atoms with Gasteiger partial charge in [0, 0.05) is 23.7 Å². The number of hydrogen-bond donors (Lipinski definition) is 2. The summed E-state index contributed by atoms with van der Waals surface area (Å²) < 4.78 is 0. The van der Waals surface area contributed by atoms with Gasteiger partial charge in [-0.2, -0.15) is 0 Å². The summed E-state index contributed by atoms with van der Waals surface area (Å²) in [5, 5.41) is 4.75. The molecule has 0 saturated carbocycles. The zero-order valence-corrected chi connectivity index (χ0v) is 9.59. The molecule has 16 heavy (non-hydrogen) atoms. The maximum absolute atomic E-state index is 11.5. The molecule has 4 nitrogen and oxygen atoms in total. The molecule has 1 amide bonds. The molecule has 5 heteroatoms. The van der Waals surface area contributed by atoms with Gasteiger partial charge in [0.25, 0.3) is 0 Å². The minimum atomic E-state index is 0.00602. The molecule has 84 valence electrons. The van der Waals surface area contributed by atoms with Crippen LogP contribution >= 0.6 is 11.3 Å². The summed E-state index contributed by atoms with van der Waals surface area (Å²) in [4.78, 5) is 19.6. The first-order valence-electron chi connectivity index (χ1n) is 5.16. The minimum Gasteiger partial charge on any atom is -0.331 e. The molecule has 0 aromatic carbocycles. The van der Waals surface area contributed by atoms with Crippen LogP contribution < -0.4 is 5.32 Å². The van der Waals surface area contributed by atoms with E-state index in [1.807, 2.05) is 6.07 Å². The van der Waals surface area contributed by atoms with Crippen molar-refractivity contribution in [3.63, 3.8) is 0 Å². The second-order valence-electron chi connectivity index (χ2n) is 3.42. The number of imidazole rings is 1. The normalized spacial score (nSPS) is 10.2. The Kier molecular flexibility index (Phi) is 3.71. The van der Waals surface area contributed by atoms with Crippen molar-refractivity contribution in [3.8, 4) is 0 Å². The third-order valence-corrected chi connectivity index (χ3v) is 3.10. The van der Waals surface area contributed by atoms with Gasteiger partial charge in [0.2, 0.25) is 11.9 Å². The molecule has 0 bridgehead atoms. The number of amides is 1. The number of carbonyl (C=O) groups is 1. The van der Waals surface area contributed by atoms with Crippen LogP contribution in [0, 0.1) is 0 Å². The topological polar surface area (TPSA) is 57.8 Å². The molecule has 0 aliphatic carbocycles. The maximum atomic E-state index is 11.5. The van der Waals surface area contributed by atoms with E-state index in [1.54, 1.807) is 23.7 Å². The molecule has 2 N–H and O–H groups in total. The van der Waals surface area contributed by atoms with Gasteiger partial charge in [-0.25, -0.2) is 4.98 Å². The van der Waals surface area contributed by atoms with E-state index < -0.39 is 0 Å². The van der Waals surface area contributed by atoms with Crippen LogP contribution in [0.15, 0.2) is 29.9 Å². The number of nitrogens with one attached hydrogen (secondary N) is 2. The van der Waals surface area contributed by atoms with Crippen LogP contribution in [-0.4, -0.2) is 15.9 Å². The number of aromatic nitrogens is 2. The summed E-state index contributed by atoms with van der Waals surface area (Å²) in [6.45, 7) is 0. The predicted octanol–water partition coefficient (Wildman–Crippen LogP) is 2.43. The van der Waals surface area contributed by atoms with Crippen molar-refractivity contribution >= 4 is 23.2 Å². The van der Waals surface area contributed by atoms with Crippen molar-refractivity contribution in [1.82, 2.24) is 9.97 Å². The minimum absolute atomic E-state index is 0.00602. The van der Waals surface area contributed by atoms with Gasteiger partial charge < -0.3 is 4.98 Å². The number of rotatable bonds is 5. The Hall–Kier alpha value is -1.62. The Balaban J connectivity index is 1.68. The van der Waals surface area contributed by atoms with E-state index in [2.05, 4.69) is 26.7 Å². The highest BCUT2D eigenvalue weighted by molar-refractivity contribution is 7.09. The van der Waals surface area contributed by atoms with Crippen molar-refractivity contribution in [2.45, 2.75) is 19.3 Å². The molecule has 0 fully saturated rings. The number of H-pyrrole nitrogens is 1. The highest BCUT2D eigenvalue weighted by Gasteiger charge is 2.03. The maximum Gasteiger partial charge on any atom is 0.226 e. The molecule has 2 aromatic heterocycles. The van der Waals surface area contributed by atoms with Crippen LogP contribution in [0.3, 0.4) is 0 Å². The summed E-state index contributed by atoms with van der Waals surface area (Å²) in [7, 11) is 0. The average molecular weight is 235 g/mol. The Morgan fingerprint density at radius 1 is 1.56 bits per heavy atom. The number of aryl methyl sites for hydroxylation is 1. The van der Waals surface area contributed by atoms with Gasteiger partial charge in [-0.3, -0.25) is 10.1 Å². The molecule has 0 aliphatic rings. The van der Waals surface area contributed by atoms with E-state index in [1.165, 1.54) is 4.88 Å². The summed E-state index contributed by atoms with van der Waals surface area (Å²) in [6.07, 6.45) is 5.65. The van der Waals surface area contributed by atoms with Gasteiger partial charge in [0.15, 0.2) is 0 Å². The molecule has 0 unspecified atom stereocenters. The summed E-state index contributed by atoms with van der Waals surface area (Å²) in [6, 6.07) is 4.12. The van der Waals surface area contributed by atoms with Crippen LogP contribution in [0.2, 0.25) is 0 Å². The predicted molar refractivity (Wildman–Crippen MR) is 64.5 cm³/mol. The molecular formula is C11H13N3OS.